The van der Waals surface area contributed by atoms with Gasteiger partial charge < -0.3 is 4.74 Å². The van der Waals surface area contributed by atoms with Gasteiger partial charge in [0, 0.05) is 5.56 Å². The maximum absolute atomic E-state index is 13.1. The molecular formula is C10H9F4NO. The fourth-order valence-corrected chi connectivity index (χ4v) is 1.11. The Bertz CT molecular complexity index is 400. The monoisotopic (exact) mass is 235 g/mol. The van der Waals surface area contributed by atoms with Gasteiger partial charge in [-0.05, 0) is 25.1 Å². The van der Waals surface area contributed by atoms with E-state index in [0.29, 0.717) is 12.1 Å². The number of ether oxygens (including phenoxy) is 1. The molecule has 0 amide bonds. The van der Waals surface area contributed by atoms with E-state index in [4.69, 9.17) is 10.1 Å². The third-order valence-corrected chi connectivity index (χ3v) is 1.83. The lowest BCUT2D eigenvalue weighted by Crippen LogP contribution is -2.11. The summed E-state index contributed by atoms with van der Waals surface area (Å²) in [6, 6.07) is 2.24. The quantitative estimate of drug-likeness (QED) is 0.476. The molecule has 0 aliphatic carbocycles. The first-order valence-electron chi connectivity index (χ1n) is 4.44. The van der Waals surface area contributed by atoms with Crippen LogP contribution in [0.4, 0.5) is 17.6 Å². The number of halogens is 4. The van der Waals surface area contributed by atoms with Gasteiger partial charge in [0.15, 0.2) is 0 Å². The zero-order valence-electron chi connectivity index (χ0n) is 8.36. The summed E-state index contributed by atoms with van der Waals surface area (Å²) in [7, 11) is 0. The predicted octanol–water partition coefficient (Wildman–Crippen LogP) is 3.21. The van der Waals surface area contributed by atoms with Crippen LogP contribution in [0.2, 0.25) is 0 Å². The van der Waals surface area contributed by atoms with Gasteiger partial charge in [-0.15, -0.1) is 0 Å². The highest BCUT2D eigenvalue weighted by Gasteiger charge is 2.34. The Morgan fingerprint density at radius 1 is 1.38 bits per heavy atom. The highest BCUT2D eigenvalue weighted by Crippen LogP contribution is 2.31. The Labute approximate surface area is 89.4 Å². The van der Waals surface area contributed by atoms with Crippen LogP contribution in [0.15, 0.2) is 18.2 Å². The molecule has 0 radical (unpaired) electrons. The molecular weight excluding hydrogens is 226 g/mol. The molecule has 1 aromatic rings. The maximum atomic E-state index is 13.1. The van der Waals surface area contributed by atoms with Crippen LogP contribution in [0.3, 0.4) is 0 Å². The fourth-order valence-electron chi connectivity index (χ4n) is 1.11. The molecule has 1 aromatic carbocycles. The molecule has 0 heterocycles. The Morgan fingerprint density at radius 3 is 2.44 bits per heavy atom. The van der Waals surface area contributed by atoms with E-state index in [9.17, 15) is 17.6 Å². The molecule has 16 heavy (non-hydrogen) atoms. The van der Waals surface area contributed by atoms with Crippen molar-refractivity contribution < 1.29 is 22.3 Å². The molecule has 0 aliphatic heterocycles. The van der Waals surface area contributed by atoms with Crippen LogP contribution in [0, 0.1) is 11.2 Å². The molecule has 0 fully saturated rings. The van der Waals surface area contributed by atoms with Crippen LogP contribution >= 0.6 is 0 Å². The smallest absolute Gasteiger partial charge is 0.419 e. The zero-order valence-corrected chi connectivity index (χ0v) is 8.36. The summed E-state index contributed by atoms with van der Waals surface area (Å²) in [5.74, 6) is -1.76. The van der Waals surface area contributed by atoms with Gasteiger partial charge in [0.05, 0.1) is 12.2 Å². The van der Waals surface area contributed by atoms with Crippen molar-refractivity contribution in [1.29, 1.82) is 5.41 Å². The van der Waals surface area contributed by atoms with Crippen LogP contribution < -0.4 is 0 Å². The molecule has 0 atom stereocenters. The number of benzene rings is 1. The Kier molecular flexibility index (Phi) is 3.51. The first-order chi connectivity index (χ1) is 7.36. The van der Waals surface area contributed by atoms with E-state index in [1.807, 2.05) is 0 Å². The molecule has 6 heteroatoms. The standard InChI is InChI=1S/C10H9F4NO/c1-2-16-9(15)6-3-4-7(8(11)5-6)10(12,13)14/h3-5,15H,2H2,1H3. The van der Waals surface area contributed by atoms with E-state index in [0.717, 1.165) is 6.07 Å². The number of hydrogen-bond donors (Lipinski definition) is 1. The second kappa shape index (κ2) is 4.51. The van der Waals surface area contributed by atoms with E-state index < -0.39 is 17.6 Å². The summed E-state index contributed by atoms with van der Waals surface area (Å²) in [6.07, 6.45) is -4.73. The summed E-state index contributed by atoms with van der Waals surface area (Å²) < 4.78 is 54.4. The second-order valence-corrected chi connectivity index (χ2v) is 2.95. The normalized spacial score (nSPS) is 11.3. The second-order valence-electron chi connectivity index (χ2n) is 2.95. The van der Waals surface area contributed by atoms with Crippen molar-refractivity contribution >= 4 is 5.90 Å². The number of rotatable bonds is 2. The lowest BCUT2D eigenvalue weighted by atomic mass is 10.1. The van der Waals surface area contributed by atoms with Crippen molar-refractivity contribution in [3.05, 3.63) is 35.1 Å². The van der Waals surface area contributed by atoms with Crippen molar-refractivity contribution in [3.8, 4) is 0 Å². The van der Waals surface area contributed by atoms with E-state index in [2.05, 4.69) is 0 Å². The van der Waals surface area contributed by atoms with E-state index in [1.165, 1.54) is 0 Å². The Hall–Kier alpha value is -1.59. The van der Waals surface area contributed by atoms with E-state index in [-0.39, 0.29) is 18.1 Å². The van der Waals surface area contributed by atoms with Crippen molar-refractivity contribution in [2.75, 3.05) is 6.61 Å². The zero-order chi connectivity index (χ0) is 12.3. The minimum absolute atomic E-state index is 0.0210. The molecule has 1 N–H and O–H groups in total. The first-order valence-corrected chi connectivity index (χ1v) is 4.44. The van der Waals surface area contributed by atoms with E-state index in [1.54, 1.807) is 6.92 Å². The third-order valence-electron chi connectivity index (χ3n) is 1.83. The predicted molar refractivity (Wildman–Crippen MR) is 49.9 cm³/mol. The van der Waals surface area contributed by atoms with Crippen LogP contribution in [-0.2, 0) is 10.9 Å². The molecule has 0 unspecified atom stereocenters. The lowest BCUT2D eigenvalue weighted by Gasteiger charge is -2.10. The number of nitrogens with one attached hydrogen (secondary N) is 1. The molecule has 88 valence electrons. The average Bonchev–Trinajstić information content (AvgIpc) is 2.16. The van der Waals surface area contributed by atoms with Gasteiger partial charge in [0.2, 0.25) is 5.90 Å². The highest BCUT2D eigenvalue weighted by atomic mass is 19.4. The van der Waals surface area contributed by atoms with Gasteiger partial charge in [0.1, 0.15) is 5.82 Å². The highest BCUT2D eigenvalue weighted by molar-refractivity contribution is 5.91. The van der Waals surface area contributed by atoms with Crippen LogP contribution in [0.5, 0.6) is 0 Å². The summed E-state index contributed by atoms with van der Waals surface area (Å²) in [5.41, 5.74) is -1.37. The third kappa shape index (κ3) is 2.71. The molecule has 0 saturated heterocycles. The number of alkyl halides is 3. The topological polar surface area (TPSA) is 33.1 Å². The van der Waals surface area contributed by atoms with Crippen molar-refractivity contribution in [1.82, 2.24) is 0 Å². The van der Waals surface area contributed by atoms with Gasteiger partial charge in [-0.1, -0.05) is 0 Å². The summed E-state index contributed by atoms with van der Waals surface area (Å²) in [5, 5.41) is 7.28. The average molecular weight is 235 g/mol. The molecule has 0 spiro atoms. The maximum Gasteiger partial charge on any atom is 0.419 e. The van der Waals surface area contributed by atoms with Crippen molar-refractivity contribution in [2.45, 2.75) is 13.1 Å². The molecule has 0 bridgehead atoms. The first kappa shape index (κ1) is 12.5. The lowest BCUT2D eigenvalue weighted by molar-refractivity contribution is -0.140. The SMILES string of the molecule is CCOC(=N)c1ccc(C(F)(F)F)c(F)c1. The minimum atomic E-state index is -4.73. The molecule has 2 nitrogen and oxygen atoms in total. The van der Waals surface area contributed by atoms with E-state index >= 15 is 0 Å². The van der Waals surface area contributed by atoms with Gasteiger partial charge in [0.25, 0.3) is 0 Å². The Balaban J connectivity index is 3.05. The molecule has 1 rings (SSSR count). The Morgan fingerprint density at radius 2 is 2.00 bits per heavy atom. The molecule has 0 saturated carbocycles. The summed E-state index contributed by atoms with van der Waals surface area (Å²) in [4.78, 5) is 0. The van der Waals surface area contributed by atoms with Crippen molar-refractivity contribution in [3.63, 3.8) is 0 Å². The van der Waals surface area contributed by atoms with Crippen LogP contribution in [-0.4, -0.2) is 12.5 Å². The van der Waals surface area contributed by atoms with Crippen LogP contribution in [0.25, 0.3) is 0 Å². The molecule has 0 aliphatic rings. The number of hydrogen-bond acceptors (Lipinski definition) is 2. The van der Waals surface area contributed by atoms with Crippen LogP contribution in [0.1, 0.15) is 18.1 Å². The van der Waals surface area contributed by atoms with Gasteiger partial charge >= 0.3 is 6.18 Å². The van der Waals surface area contributed by atoms with Crippen molar-refractivity contribution in [2.24, 2.45) is 0 Å². The van der Waals surface area contributed by atoms with Gasteiger partial charge in [-0.3, -0.25) is 5.41 Å². The molecule has 0 aromatic heterocycles. The largest absolute Gasteiger partial charge is 0.478 e. The van der Waals surface area contributed by atoms with Gasteiger partial charge in [-0.2, -0.15) is 13.2 Å². The summed E-state index contributed by atoms with van der Waals surface area (Å²) in [6.45, 7) is 1.82. The fraction of sp³-hybridized carbons (Fsp3) is 0.300. The summed E-state index contributed by atoms with van der Waals surface area (Å²) >= 11 is 0. The van der Waals surface area contributed by atoms with Gasteiger partial charge in [-0.25, -0.2) is 4.39 Å². The minimum Gasteiger partial charge on any atom is -0.478 e.